The number of hydrogen-bond donors (Lipinski definition) is 0. The molecule has 0 aromatic heterocycles. The third kappa shape index (κ3) is 4.06. The van der Waals surface area contributed by atoms with Crippen molar-refractivity contribution >= 4 is 28.5 Å². The summed E-state index contributed by atoms with van der Waals surface area (Å²) in [4.78, 5) is 14.2. The smallest absolute Gasteiger partial charge is 0.254 e. The molecule has 0 aliphatic carbocycles. The first-order valence-corrected chi connectivity index (χ1v) is 8.15. The lowest BCUT2D eigenvalue weighted by molar-refractivity contribution is 0.0784. The summed E-state index contributed by atoms with van der Waals surface area (Å²) in [6, 6.07) is 16.2. The lowest BCUT2D eigenvalue weighted by Gasteiger charge is -2.18. The Morgan fingerprint density at radius 2 is 1.71 bits per heavy atom. The molecule has 0 saturated carbocycles. The first kappa shape index (κ1) is 16.0. The van der Waals surface area contributed by atoms with Gasteiger partial charge in [-0.1, -0.05) is 50.2 Å². The molecular weight excluding hydrogens is 373 g/mol. The third-order valence-electron chi connectivity index (χ3n) is 3.52. The van der Waals surface area contributed by atoms with Crippen molar-refractivity contribution in [3.8, 4) is 0 Å². The van der Waals surface area contributed by atoms with Crippen LogP contribution in [0.3, 0.4) is 0 Å². The Labute approximate surface area is 140 Å². The Bertz CT molecular complexity index is 619. The van der Waals surface area contributed by atoms with E-state index in [0.717, 1.165) is 14.7 Å². The Morgan fingerprint density at radius 3 is 2.29 bits per heavy atom. The van der Waals surface area contributed by atoms with Crippen molar-refractivity contribution < 1.29 is 4.79 Å². The molecule has 21 heavy (non-hydrogen) atoms. The Kier molecular flexibility index (Phi) is 5.39. The number of carbonyl (C=O) groups is 1. The summed E-state index contributed by atoms with van der Waals surface area (Å²) < 4.78 is 0.988. The van der Waals surface area contributed by atoms with Crippen LogP contribution >= 0.6 is 22.6 Å². The summed E-state index contributed by atoms with van der Waals surface area (Å²) in [6.07, 6.45) is 0. The molecule has 0 atom stereocenters. The number of amides is 1. The van der Waals surface area contributed by atoms with E-state index >= 15 is 0 Å². The van der Waals surface area contributed by atoms with E-state index < -0.39 is 0 Å². The normalized spacial score (nSPS) is 10.7. The number of nitrogens with zero attached hydrogens (tertiary/aromatic N) is 1. The first-order chi connectivity index (χ1) is 9.99. The summed E-state index contributed by atoms with van der Waals surface area (Å²) in [5, 5.41) is 0. The molecule has 0 aliphatic rings. The molecular formula is C18H20INO. The molecule has 0 radical (unpaired) electrons. The van der Waals surface area contributed by atoms with Gasteiger partial charge in [0.25, 0.3) is 5.91 Å². The molecule has 110 valence electrons. The number of benzene rings is 2. The van der Waals surface area contributed by atoms with E-state index in [1.807, 2.05) is 31.3 Å². The maximum Gasteiger partial charge on any atom is 0.254 e. The van der Waals surface area contributed by atoms with Gasteiger partial charge in [-0.15, -0.1) is 0 Å². The molecule has 0 aliphatic heterocycles. The minimum absolute atomic E-state index is 0.0629. The standard InChI is InChI=1S/C18H20INO/c1-13(2)15-10-8-14(9-11-15)12-20(3)18(21)16-6-4-5-7-17(16)19/h4-11,13H,12H2,1-3H3. The van der Waals surface area contributed by atoms with Crippen LogP contribution in [-0.2, 0) is 6.54 Å². The summed E-state index contributed by atoms with van der Waals surface area (Å²) >= 11 is 2.20. The second-order valence-corrected chi connectivity index (χ2v) is 6.70. The van der Waals surface area contributed by atoms with Gasteiger partial charge in [0.2, 0.25) is 0 Å². The van der Waals surface area contributed by atoms with Crippen molar-refractivity contribution in [3.05, 3.63) is 68.8 Å². The lowest BCUT2D eigenvalue weighted by atomic mass is 10.0. The molecule has 2 aromatic carbocycles. The van der Waals surface area contributed by atoms with Gasteiger partial charge in [-0.2, -0.15) is 0 Å². The van der Waals surface area contributed by atoms with Crippen LogP contribution in [0.2, 0.25) is 0 Å². The van der Waals surface area contributed by atoms with E-state index in [2.05, 4.69) is 60.7 Å². The van der Waals surface area contributed by atoms with Crippen molar-refractivity contribution in [3.63, 3.8) is 0 Å². The lowest BCUT2D eigenvalue weighted by Crippen LogP contribution is -2.26. The highest BCUT2D eigenvalue weighted by molar-refractivity contribution is 14.1. The Balaban J connectivity index is 2.09. The minimum atomic E-state index is 0.0629. The predicted molar refractivity (Wildman–Crippen MR) is 95.5 cm³/mol. The van der Waals surface area contributed by atoms with Gasteiger partial charge in [0.1, 0.15) is 0 Å². The van der Waals surface area contributed by atoms with Crippen LogP contribution < -0.4 is 0 Å². The van der Waals surface area contributed by atoms with Crippen LogP contribution in [0, 0.1) is 3.57 Å². The van der Waals surface area contributed by atoms with Gasteiger partial charge in [0.05, 0.1) is 5.56 Å². The first-order valence-electron chi connectivity index (χ1n) is 7.08. The largest absolute Gasteiger partial charge is 0.337 e. The highest BCUT2D eigenvalue weighted by atomic mass is 127. The van der Waals surface area contributed by atoms with Crippen molar-refractivity contribution in [2.75, 3.05) is 7.05 Å². The molecule has 0 saturated heterocycles. The average molecular weight is 393 g/mol. The Hall–Kier alpha value is -1.36. The van der Waals surface area contributed by atoms with Gasteiger partial charge in [0, 0.05) is 17.2 Å². The fourth-order valence-corrected chi connectivity index (χ4v) is 2.81. The summed E-state index contributed by atoms with van der Waals surface area (Å²) in [5.41, 5.74) is 3.24. The second kappa shape index (κ2) is 7.07. The zero-order chi connectivity index (χ0) is 15.4. The van der Waals surface area contributed by atoms with E-state index in [4.69, 9.17) is 0 Å². The fourth-order valence-electron chi connectivity index (χ4n) is 2.19. The summed E-state index contributed by atoms with van der Waals surface area (Å²) in [5.74, 6) is 0.595. The SMILES string of the molecule is CC(C)c1ccc(CN(C)C(=O)c2ccccc2I)cc1. The van der Waals surface area contributed by atoms with E-state index in [1.165, 1.54) is 5.56 Å². The molecule has 0 bridgehead atoms. The summed E-state index contributed by atoms with van der Waals surface area (Å²) in [7, 11) is 1.85. The maximum atomic E-state index is 12.5. The average Bonchev–Trinajstić information content (AvgIpc) is 2.47. The molecule has 2 aromatic rings. The van der Waals surface area contributed by atoms with Gasteiger partial charge in [-0.3, -0.25) is 4.79 Å². The third-order valence-corrected chi connectivity index (χ3v) is 4.46. The number of hydrogen-bond acceptors (Lipinski definition) is 1. The highest BCUT2D eigenvalue weighted by Gasteiger charge is 2.14. The van der Waals surface area contributed by atoms with Gasteiger partial charge in [-0.25, -0.2) is 0 Å². The minimum Gasteiger partial charge on any atom is -0.337 e. The molecule has 3 heteroatoms. The van der Waals surface area contributed by atoms with E-state index in [0.29, 0.717) is 12.5 Å². The van der Waals surface area contributed by atoms with Crippen LogP contribution in [-0.4, -0.2) is 17.9 Å². The van der Waals surface area contributed by atoms with Gasteiger partial charge in [0.15, 0.2) is 0 Å². The van der Waals surface area contributed by atoms with Crippen LogP contribution in [0.15, 0.2) is 48.5 Å². The highest BCUT2D eigenvalue weighted by Crippen LogP contribution is 2.17. The van der Waals surface area contributed by atoms with Crippen LogP contribution in [0.4, 0.5) is 0 Å². The van der Waals surface area contributed by atoms with Crippen LogP contribution in [0.25, 0.3) is 0 Å². The van der Waals surface area contributed by atoms with Crippen molar-refractivity contribution in [2.45, 2.75) is 26.3 Å². The van der Waals surface area contributed by atoms with Gasteiger partial charge >= 0.3 is 0 Å². The summed E-state index contributed by atoms with van der Waals surface area (Å²) in [6.45, 7) is 4.99. The molecule has 1 amide bonds. The second-order valence-electron chi connectivity index (χ2n) is 5.54. The fraction of sp³-hybridized carbons (Fsp3) is 0.278. The van der Waals surface area contributed by atoms with Crippen LogP contribution in [0.1, 0.15) is 41.3 Å². The molecule has 0 heterocycles. The van der Waals surface area contributed by atoms with Gasteiger partial charge < -0.3 is 4.90 Å². The molecule has 2 rings (SSSR count). The molecule has 2 nitrogen and oxygen atoms in total. The maximum absolute atomic E-state index is 12.5. The van der Waals surface area contributed by atoms with Crippen molar-refractivity contribution in [2.24, 2.45) is 0 Å². The monoisotopic (exact) mass is 393 g/mol. The quantitative estimate of drug-likeness (QED) is 0.691. The number of carbonyl (C=O) groups excluding carboxylic acids is 1. The Morgan fingerprint density at radius 1 is 1.10 bits per heavy atom. The molecule has 0 fully saturated rings. The predicted octanol–water partition coefficient (Wildman–Crippen LogP) is 4.69. The zero-order valence-electron chi connectivity index (χ0n) is 12.6. The molecule has 0 N–H and O–H groups in total. The molecule has 0 spiro atoms. The molecule has 0 unspecified atom stereocenters. The number of rotatable bonds is 4. The topological polar surface area (TPSA) is 20.3 Å². The van der Waals surface area contributed by atoms with Gasteiger partial charge in [-0.05, 0) is 51.8 Å². The zero-order valence-corrected chi connectivity index (χ0v) is 14.8. The van der Waals surface area contributed by atoms with E-state index in [1.54, 1.807) is 4.90 Å². The number of halogens is 1. The van der Waals surface area contributed by atoms with Crippen LogP contribution in [0.5, 0.6) is 0 Å². The van der Waals surface area contributed by atoms with E-state index in [9.17, 15) is 4.79 Å². The van der Waals surface area contributed by atoms with Crippen molar-refractivity contribution in [1.29, 1.82) is 0 Å². The van der Waals surface area contributed by atoms with Crippen molar-refractivity contribution in [1.82, 2.24) is 4.90 Å². The van der Waals surface area contributed by atoms with E-state index in [-0.39, 0.29) is 5.91 Å².